The van der Waals surface area contributed by atoms with Crippen molar-refractivity contribution in [3.8, 4) is 6.07 Å². The highest BCUT2D eigenvalue weighted by molar-refractivity contribution is 9.14. The van der Waals surface area contributed by atoms with Crippen molar-refractivity contribution in [3.63, 3.8) is 0 Å². The molecule has 0 saturated heterocycles. The normalized spacial score (nSPS) is 9.27. The van der Waals surface area contributed by atoms with Crippen LogP contribution >= 0.6 is 47.8 Å². The van der Waals surface area contributed by atoms with Crippen LogP contribution in [0.3, 0.4) is 0 Å². The molecule has 0 saturated carbocycles. The summed E-state index contributed by atoms with van der Waals surface area (Å²) in [6.45, 7) is 0. The van der Waals surface area contributed by atoms with E-state index in [-0.39, 0.29) is 0 Å². The van der Waals surface area contributed by atoms with Crippen LogP contribution in [0.2, 0.25) is 0 Å². The lowest BCUT2D eigenvalue weighted by atomic mass is 10.2. The molecular weight excluding hydrogens is 338 g/mol. The SMILES string of the molecule is N#Cc1cc(Br)c(Br)c(Br)c1. The van der Waals surface area contributed by atoms with Gasteiger partial charge in [-0.05, 0) is 59.9 Å². The van der Waals surface area contributed by atoms with Gasteiger partial charge in [-0.25, -0.2) is 0 Å². The summed E-state index contributed by atoms with van der Waals surface area (Å²) < 4.78 is 2.68. The zero-order chi connectivity index (χ0) is 8.43. The summed E-state index contributed by atoms with van der Waals surface area (Å²) in [7, 11) is 0. The summed E-state index contributed by atoms with van der Waals surface area (Å²) in [5.41, 5.74) is 0.631. The van der Waals surface area contributed by atoms with Gasteiger partial charge < -0.3 is 0 Å². The van der Waals surface area contributed by atoms with Crippen molar-refractivity contribution < 1.29 is 0 Å². The molecule has 0 unspecified atom stereocenters. The van der Waals surface area contributed by atoms with Crippen LogP contribution in [0.5, 0.6) is 0 Å². The second-order valence-electron chi connectivity index (χ2n) is 1.87. The van der Waals surface area contributed by atoms with E-state index in [1.54, 1.807) is 12.1 Å². The van der Waals surface area contributed by atoms with Crippen LogP contribution < -0.4 is 0 Å². The maximum Gasteiger partial charge on any atom is 0.0992 e. The lowest BCUT2D eigenvalue weighted by Gasteiger charge is -1.98. The Morgan fingerprint density at radius 3 is 1.91 bits per heavy atom. The third kappa shape index (κ3) is 2.05. The molecule has 1 rings (SSSR count). The lowest BCUT2D eigenvalue weighted by Crippen LogP contribution is -1.77. The maximum atomic E-state index is 8.57. The molecule has 11 heavy (non-hydrogen) atoms. The number of rotatable bonds is 0. The average Bonchev–Trinajstić information content (AvgIpc) is 1.99. The fourth-order valence-electron chi connectivity index (χ4n) is 0.620. The van der Waals surface area contributed by atoms with Crippen LogP contribution in [0.25, 0.3) is 0 Å². The van der Waals surface area contributed by atoms with Crippen LogP contribution in [-0.4, -0.2) is 0 Å². The average molecular weight is 340 g/mol. The minimum Gasteiger partial charge on any atom is -0.192 e. The summed E-state index contributed by atoms with van der Waals surface area (Å²) in [5, 5.41) is 8.57. The highest BCUT2D eigenvalue weighted by Gasteiger charge is 2.03. The first-order chi connectivity index (χ1) is 5.15. The topological polar surface area (TPSA) is 23.8 Å². The van der Waals surface area contributed by atoms with E-state index in [2.05, 4.69) is 53.9 Å². The molecule has 0 fully saturated rings. The molecule has 1 aromatic rings. The van der Waals surface area contributed by atoms with E-state index in [0.717, 1.165) is 13.4 Å². The van der Waals surface area contributed by atoms with Crippen molar-refractivity contribution >= 4 is 47.8 Å². The molecule has 4 heteroatoms. The van der Waals surface area contributed by atoms with Crippen molar-refractivity contribution in [1.82, 2.24) is 0 Å². The highest BCUT2D eigenvalue weighted by atomic mass is 79.9. The van der Waals surface area contributed by atoms with Crippen molar-refractivity contribution in [2.45, 2.75) is 0 Å². The third-order valence-corrected chi connectivity index (χ3v) is 4.28. The first-order valence-corrected chi connectivity index (χ1v) is 5.07. The Morgan fingerprint density at radius 2 is 1.55 bits per heavy atom. The Balaban J connectivity index is 3.35. The Hall–Kier alpha value is 0.150. The quantitative estimate of drug-likeness (QED) is 0.659. The molecule has 0 aromatic heterocycles. The Kier molecular flexibility index (Phi) is 3.11. The van der Waals surface area contributed by atoms with Crippen molar-refractivity contribution in [1.29, 1.82) is 5.26 Å². The van der Waals surface area contributed by atoms with E-state index in [9.17, 15) is 0 Å². The van der Waals surface area contributed by atoms with Crippen LogP contribution in [0.15, 0.2) is 25.6 Å². The Bertz CT molecular complexity index is 304. The molecule has 0 aliphatic heterocycles. The standard InChI is InChI=1S/C7H2Br3N/c8-5-1-4(3-11)2-6(9)7(5)10/h1-2H. The molecule has 1 aromatic carbocycles. The largest absolute Gasteiger partial charge is 0.192 e. The van der Waals surface area contributed by atoms with Crippen molar-refractivity contribution in [2.24, 2.45) is 0 Å². The molecule has 0 heterocycles. The van der Waals surface area contributed by atoms with Crippen molar-refractivity contribution in [3.05, 3.63) is 31.1 Å². The fraction of sp³-hybridized carbons (Fsp3) is 0. The van der Waals surface area contributed by atoms with Crippen LogP contribution in [0.1, 0.15) is 5.56 Å². The van der Waals surface area contributed by atoms with E-state index in [1.807, 2.05) is 0 Å². The third-order valence-electron chi connectivity index (χ3n) is 1.11. The minimum atomic E-state index is 0.631. The summed E-state index contributed by atoms with van der Waals surface area (Å²) in [6.07, 6.45) is 0. The van der Waals surface area contributed by atoms with Gasteiger partial charge >= 0.3 is 0 Å². The van der Waals surface area contributed by atoms with Gasteiger partial charge in [0.05, 0.1) is 11.6 Å². The van der Waals surface area contributed by atoms with E-state index in [1.165, 1.54) is 0 Å². The zero-order valence-corrected chi connectivity index (χ0v) is 9.99. The molecule has 0 aliphatic carbocycles. The Labute approximate surface area is 89.8 Å². The van der Waals surface area contributed by atoms with Gasteiger partial charge in [0.15, 0.2) is 0 Å². The fourth-order valence-corrected chi connectivity index (χ4v) is 2.04. The lowest BCUT2D eigenvalue weighted by molar-refractivity contribution is 1.44. The zero-order valence-electron chi connectivity index (χ0n) is 5.24. The monoisotopic (exact) mass is 337 g/mol. The molecule has 0 aliphatic rings. The van der Waals surface area contributed by atoms with E-state index in [0.29, 0.717) is 5.56 Å². The molecule has 0 atom stereocenters. The number of nitriles is 1. The molecule has 0 radical (unpaired) electrons. The van der Waals surface area contributed by atoms with Gasteiger partial charge in [-0.15, -0.1) is 0 Å². The summed E-state index contributed by atoms with van der Waals surface area (Å²) in [5.74, 6) is 0. The smallest absolute Gasteiger partial charge is 0.0992 e. The number of benzene rings is 1. The van der Waals surface area contributed by atoms with Crippen LogP contribution in [-0.2, 0) is 0 Å². The molecule has 0 amide bonds. The molecular formula is C7H2Br3N. The summed E-state index contributed by atoms with van der Waals surface area (Å²) >= 11 is 9.96. The second-order valence-corrected chi connectivity index (χ2v) is 4.37. The number of halogens is 3. The maximum absolute atomic E-state index is 8.57. The van der Waals surface area contributed by atoms with Gasteiger partial charge in [0.2, 0.25) is 0 Å². The van der Waals surface area contributed by atoms with E-state index >= 15 is 0 Å². The van der Waals surface area contributed by atoms with Crippen molar-refractivity contribution in [2.75, 3.05) is 0 Å². The van der Waals surface area contributed by atoms with Gasteiger partial charge in [-0.1, -0.05) is 0 Å². The first-order valence-electron chi connectivity index (χ1n) is 2.70. The molecule has 1 nitrogen and oxygen atoms in total. The second kappa shape index (κ2) is 3.70. The number of hydrogen-bond acceptors (Lipinski definition) is 1. The van der Waals surface area contributed by atoms with E-state index in [4.69, 9.17) is 5.26 Å². The van der Waals surface area contributed by atoms with Crippen LogP contribution in [0.4, 0.5) is 0 Å². The Morgan fingerprint density at radius 1 is 1.09 bits per heavy atom. The predicted octanol–water partition coefficient (Wildman–Crippen LogP) is 3.85. The molecule has 56 valence electrons. The van der Waals surface area contributed by atoms with Crippen LogP contribution in [0, 0.1) is 11.3 Å². The first kappa shape index (κ1) is 9.24. The number of hydrogen-bond donors (Lipinski definition) is 0. The van der Waals surface area contributed by atoms with Gasteiger partial charge in [-0.3, -0.25) is 0 Å². The molecule has 0 bridgehead atoms. The number of nitrogens with zero attached hydrogens (tertiary/aromatic N) is 1. The summed E-state index contributed by atoms with van der Waals surface area (Å²) in [6, 6.07) is 5.57. The van der Waals surface area contributed by atoms with Gasteiger partial charge in [-0.2, -0.15) is 5.26 Å². The van der Waals surface area contributed by atoms with Gasteiger partial charge in [0.1, 0.15) is 0 Å². The molecule has 0 spiro atoms. The van der Waals surface area contributed by atoms with Gasteiger partial charge in [0, 0.05) is 13.4 Å². The van der Waals surface area contributed by atoms with E-state index < -0.39 is 0 Å². The minimum absolute atomic E-state index is 0.631. The highest BCUT2D eigenvalue weighted by Crippen LogP contribution is 2.31. The summed E-state index contributed by atoms with van der Waals surface area (Å²) in [4.78, 5) is 0. The molecule has 0 N–H and O–H groups in total. The predicted molar refractivity (Wildman–Crippen MR) is 54.3 cm³/mol. The van der Waals surface area contributed by atoms with Gasteiger partial charge in [0.25, 0.3) is 0 Å².